The van der Waals surface area contributed by atoms with Gasteiger partial charge in [0.1, 0.15) is 11.5 Å². The van der Waals surface area contributed by atoms with Gasteiger partial charge in [-0.2, -0.15) is 0 Å². The van der Waals surface area contributed by atoms with Crippen LogP contribution in [0.4, 0.5) is 0 Å². The van der Waals surface area contributed by atoms with E-state index in [1.807, 2.05) is 18.2 Å². The minimum absolute atomic E-state index is 0.0547. The Morgan fingerprint density at radius 2 is 2.11 bits per heavy atom. The van der Waals surface area contributed by atoms with Gasteiger partial charge >= 0.3 is 0 Å². The fourth-order valence-electron chi connectivity index (χ4n) is 3.76. The second-order valence-corrected chi connectivity index (χ2v) is 8.31. The summed E-state index contributed by atoms with van der Waals surface area (Å²) in [5.74, 6) is 2.16. The van der Waals surface area contributed by atoms with E-state index >= 15 is 0 Å². The second-order valence-electron chi connectivity index (χ2n) is 7.45. The van der Waals surface area contributed by atoms with Gasteiger partial charge in [0.25, 0.3) is 0 Å². The van der Waals surface area contributed by atoms with Crippen molar-refractivity contribution >= 4 is 15.9 Å². The van der Waals surface area contributed by atoms with E-state index in [1.165, 1.54) is 11.1 Å². The summed E-state index contributed by atoms with van der Waals surface area (Å²) in [5, 5.41) is 9.46. The van der Waals surface area contributed by atoms with Gasteiger partial charge in [-0.25, -0.2) is 0 Å². The summed E-state index contributed by atoms with van der Waals surface area (Å²) in [6.45, 7) is 0.716. The molecule has 27 heavy (non-hydrogen) atoms. The standard InChI is InChI=1S/C22H28BrNO3/c1-26-19-6-2-4-16(12-19)5-3-11-27-21-8-7-17(13-20(21)23)18-9-10-22(24,14-18)15-25/h2,4,6-8,12-13,18,25H,3,5,9-11,14-15,24H2,1H3/t18-,22-/m1/s1. The summed E-state index contributed by atoms with van der Waals surface area (Å²) >= 11 is 3.63. The first-order valence-electron chi connectivity index (χ1n) is 9.48. The minimum Gasteiger partial charge on any atom is -0.497 e. The Balaban J connectivity index is 1.51. The Morgan fingerprint density at radius 3 is 2.81 bits per heavy atom. The third kappa shape index (κ3) is 5.24. The van der Waals surface area contributed by atoms with Crippen molar-refractivity contribution in [1.29, 1.82) is 0 Å². The Labute approximate surface area is 169 Å². The molecule has 1 saturated carbocycles. The van der Waals surface area contributed by atoms with Crippen molar-refractivity contribution in [3.63, 3.8) is 0 Å². The van der Waals surface area contributed by atoms with E-state index in [2.05, 4.69) is 40.2 Å². The first kappa shape index (κ1) is 20.2. The maximum atomic E-state index is 9.46. The number of nitrogens with two attached hydrogens (primary N) is 1. The molecule has 0 bridgehead atoms. The number of halogens is 1. The van der Waals surface area contributed by atoms with E-state index in [0.717, 1.165) is 48.1 Å². The molecule has 1 aliphatic carbocycles. The zero-order valence-electron chi connectivity index (χ0n) is 15.8. The van der Waals surface area contributed by atoms with Gasteiger partial charge in [-0.1, -0.05) is 18.2 Å². The summed E-state index contributed by atoms with van der Waals surface area (Å²) in [6, 6.07) is 14.4. The molecule has 2 aromatic carbocycles. The average Bonchev–Trinajstić information content (AvgIpc) is 3.09. The molecule has 0 amide bonds. The topological polar surface area (TPSA) is 64.7 Å². The van der Waals surface area contributed by atoms with E-state index in [1.54, 1.807) is 7.11 Å². The third-order valence-corrected chi connectivity index (χ3v) is 6.01. The number of hydrogen-bond acceptors (Lipinski definition) is 4. The van der Waals surface area contributed by atoms with Crippen LogP contribution in [0, 0.1) is 0 Å². The summed E-state index contributed by atoms with van der Waals surface area (Å²) in [7, 11) is 1.69. The molecule has 146 valence electrons. The fraction of sp³-hybridized carbons (Fsp3) is 0.455. The second kappa shape index (κ2) is 9.09. The molecule has 0 aliphatic heterocycles. The monoisotopic (exact) mass is 433 g/mol. The van der Waals surface area contributed by atoms with Crippen molar-refractivity contribution < 1.29 is 14.6 Å². The Morgan fingerprint density at radius 1 is 1.26 bits per heavy atom. The summed E-state index contributed by atoms with van der Waals surface area (Å²) in [4.78, 5) is 0. The lowest BCUT2D eigenvalue weighted by Gasteiger charge is -2.21. The van der Waals surface area contributed by atoms with Crippen molar-refractivity contribution in [3.05, 3.63) is 58.1 Å². The normalized spacial score (nSPS) is 22.0. The Bertz CT molecular complexity index is 767. The number of aryl methyl sites for hydroxylation is 1. The van der Waals surface area contributed by atoms with Gasteiger partial charge in [-0.05, 0) is 89.3 Å². The highest BCUT2D eigenvalue weighted by molar-refractivity contribution is 9.10. The highest BCUT2D eigenvalue weighted by atomic mass is 79.9. The number of ether oxygens (including phenoxy) is 2. The first-order valence-corrected chi connectivity index (χ1v) is 10.3. The molecule has 0 saturated heterocycles. The van der Waals surface area contributed by atoms with Crippen LogP contribution in [0.3, 0.4) is 0 Å². The van der Waals surface area contributed by atoms with E-state index in [9.17, 15) is 5.11 Å². The molecular weight excluding hydrogens is 406 g/mol. The van der Waals surface area contributed by atoms with Gasteiger partial charge in [0.05, 0.1) is 24.8 Å². The summed E-state index contributed by atoms with van der Waals surface area (Å²) < 4.78 is 12.2. The lowest BCUT2D eigenvalue weighted by atomic mass is 9.94. The van der Waals surface area contributed by atoms with Crippen molar-refractivity contribution in [1.82, 2.24) is 0 Å². The highest BCUT2D eigenvalue weighted by Crippen LogP contribution is 2.41. The lowest BCUT2D eigenvalue weighted by molar-refractivity contribution is 0.198. The number of methoxy groups -OCH3 is 1. The van der Waals surface area contributed by atoms with Crippen molar-refractivity contribution in [2.24, 2.45) is 5.73 Å². The lowest BCUT2D eigenvalue weighted by Crippen LogP contribution is -2.40. The number of aliphatic hydroxyl groups excluding tert-OH is 1. The van der Waals surface area contributed by atoms with E-state index < -0.39 is 5.54 Å². The zero-order chi connectivity index (χ0) is 19.3. The molecule has 0 radical (unpaired) electrons. The van der Waals surface area contributed by atoms with Crippen molar-refractivity contribution in [2.75, 3.05) is 20.3 Å². The largest absolute Gasteiger partial charge is 0.497 e. The van der Waals surface area contributed by atoms with E-state index in [0.29, 0.717) is 12.5 Å². The quantitative estimate of drug-likeness (QED) is 0.604. The predicted octanol–water partition coefficient (Wildman–Crippen LogP) is 4.43. The summed E-state index contributed by atoms with van der Waals surface area (Å²) in [6.07, 6.45) is 4.61. The molecule has 0 heterocycles. The number of rotatable bonds is 8. The zero-order valence-corrected chi connectivity index (χ0v) is 17.4. The maximum absolute atomic E-state index is 9.46. The van der Waals surface area contributed by atoms with Crippen LogP contribution in [-0.2, 0) is 6.42 Å². The molecule has 2 atom stereocenters. The van der Waals surface area contributed by atoms with Crippen LogP contribution in [0.15, 0.2) is 46.9 Å². The maximum Gasteiger partial charge on any atom is 0.133 e. The number of hydrogen-bond donors (Lipinski definition) is 2. The van der Waals surface area contributed by atoms with Crippen molar-refractivity contribution in [2.45, 2.75) is 43.6 Å². The highest BCUT2D eigenvalue weighted by Gasteiger charge is 2.35. The van der Waals surface area contributed by atoms with Crippen LogP contribution in [0.25, 0.3) is 0 Å². The van der Waals surface area contributed by atoms with Crippen LogP contribution < -0.4 is 15.2 Å². The first-order chi connectivity index (χ1) is 13.0. The van der Waals surface area contributed by atoms with Gasteiger partial charge in [0.2, 0.25) is 0 Å². The van der Waals surface area contributed by atoms with Gasteiger partial charge in [-0.15, -0.1) is 0 Å². The van der Waals surface area contributed by atoms with Crippen LogP contribution >= 0.6 is 15.9 Å². The van der Waals surface area contributed by atoms with E-state index in [-0.39, 0.29) is 6.61 Å². The van der Waals surface area contributed by atoms with Crippen LogP contribution in [0.2, 0.25) is 0 Å². The van der Waals surface area contributed by atoms with Crippen LogP contribution in [-0.4, -0.2) is 31.0 Å². The molecule has 0 unspecified atom stereocenters. The molecule has 2 aromatic rings. The van der Waals surface area contributed by atoms with Crippen molar-refractivity contribution in [3.8, 4) is 11.5 Å². The molecule has 5 heteroatoms. The van der Waals surface area contributed by atoms with E-state index in [4.69, 9.17) is 15.2 Å². The Kier molecular flexibility index (Phi) is 6.79. The van der Waals surface area contributed by atoms with Gasteiger partial charge in [-0.3, -0.25) is 0 Å². The molecule has 0 aromatic heterocycles. The van der Waals surface area contributed by atoms with Crippen LogP contribution in [0.5, 0.6) is 11.5 Å². The minimum atomic E-state index is -0.424. The molecule has 4 nitrogen and oxygen atoms in total. The molecule has 3 N–H and O–H groups in total. The van der Waals surface area contributed by atoms with Gasteiger partial charge in [0.15, 0.2) is 0 Å². The number of aliphatic hydroxyl groups is 1. The predicted molar refractivity (Wildman–Crippen MR) is 112 cm³/mol. The van der Waals surface area contributed by atoms with Gasteiger partial charge < -0.3 is 20.3 Å². The SMILES string of the molecule is COc1cccc(CCCOc2ccc([C@@H]3CC[C@](N)(CO)C3)cc2Br)c1. The molecular formula is C22H28BrNO3. The third-order valence-electron chi connectivity index (χ3n) is 5.39. The molecule has 3 rings (SSSR count). The van der Waals surface area contributed by atoms with Crippen LogP contribution in [0.1, 0.15) is 42.7 Å². The van der Waals surface area contributed by atoms with Gasteiger partial charge in [0, 0.05) is 5.54 Å². The molecule has 0 spiro atoms. The fourth-order valence-corrected chi connectivity index (χ4v) is 4.27. The molecule has 1 fully saturated rings. The molecule has 1 aliphatic rings. The average molecular weight is 434 g/mol. The summed E-state index contributed by atoms with van der Waals surface area (Å²) in [5.41, 5.74) is 8.29. The number of benzene rings is 2. The Hall–Kier alpha value is -1.56. The smallest absolute Gasteiger partial charge is 0.133 e.